The molecule has 2 aliphatic rings. The molecular formula is C26H28ClF2N5O3. The van der Waals surface area contributed by atoms with Crippen LogP contribution < -0.4 is 10.1 Å². The topological polar surface area (TPSA) is 79.7 Å². The van der Waals surface area contributed by atoms with E-state index in [1.54, 1.807) is 46.2 Å². The van der Waals surface area contributed by atoms with Gasteiger partial charge in [0, 0.05) is 68.4 Å². The molecule has 37 heavy (non-hydrogen) atoms. The third-order valence-electron chi connectivity index (χ3n) is 6.88. The minimum absolute atomic E-state index is 0.0192. The molecule has 5 rings (SSSR count). The number of benzene rings is 2. The van der Waals surface area contributed by atoms with Crippen LogP contribution in [0.2, 0.25) is 5.02 Å². The summed E-state index contributed by atoms with van der Waals surface area (Å²) in [7, 11) is 1.50. The molecule has 2 aliphatic heterocycles. The van der Waals surface area contributed by atoms with E-state index in [2.05, 4.69) is 10.4 Å². The fourth-order valence-corrected chi connectivity index (χ4v) is 5.05. The number of likely N-dealkylation sites (tertiary alicyclic amines) is 2. The molecule has 2 fully saturated rings. The van der Waals surface area contributed by atoms with Gasteiger partial charge in [0.25, 0.3) is 17.7 Å². The Morgan fingerprint density at radius 1 is 1.19 bits per heavy atom. The molecule has 0 radical (unpaired) electrons. The highest BCUT2D eigenvalue weighted by molar-refractivity contribution is 6.30. The van der Waals surface area contributed by atoms with Crippen LogP contribution in [0.3, 0.4) is 0 Å². The maximum Gasteiger partial charge on any atom is 0.261 e. The molecule has 0 aliphatic carbocycles. The van der Waals surface area contributed by atoms with Gasteiger partial charge >= 0.3 is 0 Å². The Hall–Kier alpha value is -3.24. The van der Waals surface area contributed by atoms with Crippen LogP contribution >= 0.6 is 11.6 Å². The first-order chi connectivity index (χ1) is 17.7. The van der Waals surface area contributed by atoms with Crippen molar-refractivity contribution in [1.82, 2.24) is 24.9 Å². The van der Waals surface area contributed by atoms with Gasteiger partial charge in [0.1, 0.15) is 5.75 Å². The second-order valence-corrected chi connectivity index (χ2v) is 10.1. The number of halogens is 3. The number of hydrogen-bond donors (Lipinski definition) is 1. The van der Waals surface area contributed by atoms with Gasteiger partial charge in [-0.15, -0.1) is 0 Å². The Bertz CT molecular complexity index is 1310. The first-order valence-corrected chi connectivity index (χ1v) is 12.6. The third-order valence-corrected chi connectivity index (χ3v) is 7.13. The van der Waals surface area contributed by atoms with Gasteiger partial charge in [0.2, 0.25) is 0 Å². The lowest BCUT2D eigenvalue weighted by molar-refractivity contribution is 0.0124. The normalized spacial score (nSPS) is 17.7. The summed E-state index contributed by atoms with van der Waals surface area (Å²) in [5, 5.41) is 8.73. The minimum Gasteiger partial charge on any atom is -0.495 e. The van der Waals surface area contributed by atoms with E-state index in [4.69, 9.17) is 16.3 Å². The van der Waals surface area contributed by atoms with Crippen LogP contribution in [0, 0.1) is 5.92 Å². The van der Waals surface area contributed by atoms with Crippen molar-refractivity contribution in [1.29, 1.82) is 0 Å². The SMILES string of the molecule is COc1c(C(=O)NCCN2CCC(F)(F)C2)ccc2nn(CC3CN(C(=O)c4ccc(Cl)cc4)C3)cc12. The van der Waals surface area contributed by atoms with Crippen molar-refractivity contribution in [3.05, 3.63) is 58.7 Å². The zero-order chi connectivity index (χ0) is 26.2. The standard InChI is InChI=1S/C26H28ClF2N5O3/c1-37-23-20(24(35)30-9-11-32-10-8-26(28,29)16-32)6-7-22-21(23)15-34(31-22)14-17-12-33(13-17)25(36)18-2-4-19(27)5-3-18/h2-7,15,17H,8-14,16H2,1H3,(H,30,35). The molecule has 0 atom stereocenters. The van der Waals surface area contributed by atoms with Crippen molar-refractivity contribution in [3.63, 3.8) is 0 Å². The number of amides is 2. The van der Waals surface area contributed by atoms with Crippen molar-refractivity contribution in [2.45, 2.75) is 18.9 Å². The number of carbonyl (C=O) groups excluding carboxylic acids is 2. The van der Waals surface area contributed by atoms with Gasteiger partial charge in [-0.1, -0.05) is 11.6 Å². The van der Waals surface area contributed by atoms with Gasteiger partial charge in [-0.3, -0.25) is 19.2 Å². The Kier molecular flexibility index (Phi) is 7.04. The summed E-state index contributed by atoms with van der Waals surface area (Å²) in [5.41, 5.74) is 1.67. The van der Waals surface area contributed by atoms with Crippen LogP contribution in [0.15, 0.2) is 42.6 Å². The molecular weight excluding hydrogens is 504 g/mol. The van der Waals surface area contributed by atoms with E-state index in [9.17, 15) is 18.4 Å². The Labute approximate surface area is 218 Å². The van der Waals surface area contributed by atoms with Crippen LogP contribution in [-0.4, -0.2) is 83.7 Å². The number of hydrogen-bond acceptors (Lipinski definition) is 5. The molecule has 8 nitrogen and oxygen atoms in total. The van der Waals surface area contributed by atoms with Crippen LogP contribution in [0.1, 0.15) is 27.1 Å². The fraction of sp³-hybridized carbons (Fsp3) is 0.423. The van der Waals surface area contributed by atoms with Gasteiger partial charge in [-0.2, -0.15) is 5.10 Å². The molecule has 2 saturated heterocycles. The van der Waals surface area contributed by atoms with Crippen molar-refractivity contribution in [2.24, 2.45) is 5.92 Å². The van der Waals surface area contributed by atoms with Crippen LogP contribution in [0.25, 0.3) is 10.9 Å². The molecule has 1 aromatic heterocycles. The zero-order valence-corrected chi connectivity index (χ0v) is 21.2. The molecule has 3 aromatic rings. The van der Waals surface area contributed by atoms with Crippen LogP contribution in [-0.2, 0) is 6.54 Å². The lowest BCUT2D eigenvalue weighted by atomic mass is 9.99. The average Bonchev–Trinajstić information content (AvgIpc) is 3.42. The van der Waals surface area contributed by atoms with E-state index >= 15 is 0 Å². The van der Waals surface area contributed by atoms with Crippen molar-refractivity contribution in [2.75, 3.05) is 46.4 Å². The molecule has 0 saturated carbocycles. The molecule has 0 bridgehead atoms. The lowest BCUT2D eigenvalue weighted by Gasteiger charge is -2.39. The number of ether oxygens (including phenoxy) is 1. The number of carbonyl (C=O) groups is 2. The number of methoxy groups -OCH3 is 1. The van der Waals surface area contributed by atoms with Crippen LogP contribution in [0.5, 0.6) is 5.75 Å². The van der Waals surface area contributed by atoms with E-state index in [1.165, 1.54) is 7.11 Å². The van der Waals surface area contributed by atoms with Crippen molar-refractivity contribution < 1.29 is 23.1 Å². The number of aromatic nitrogens is 2. The quantitative estimate of drug-likeness (QED) is 0.481. The fourth-order valence-electron chi connectivity index (χ4n) is 4.92. The maximum absolute atomic E-state index is 13.4. The molecule has 2 amide bonds. The summed E-state index contributed by atoms with van der Waals surface area (Å²) in [6.45, 7) is 2.57. The highest BCUT2D eigenvalue weighted by Crippen LogP contribution is 2.30. The predicted octanol–water partition coefficient (Wildman–Crippen LogP) is 3.54. The highest BCUT2D eigenvalue weighted by Gasteiger charge is 2.37. The van der Waals surface area contributed by atoms with E-state index in [-0.39, 0.29) is 37.2 Å². The monoisotopic (exact) mass is 531 g/mol. The summed E-state index contributed by atoms with van der Waals surface area (Å²) >= 11 is 5.90. The number of rotatable bonds is 8. The Balaban J connectivity index is 1.19. The molecule has 3 heterocycles. The lowest BCUT2D eigenvalue weighted by Crippen LogP contribution is -2.51. The largest absolute Gasteiger partial charge is 0.495 e. The molecule has 11 heteroatoms. The van der Waals surface area contributed by atoms with Gasteiger partial charge < -0.3 is 15.0 Å². The molecule has 196 valence electrons. The summed E-state index contributed by atoms with van der Waals surface area (Å²) in [5.74, 6) is -2.32. The number of nitrogens with one attached hydrogen (secondary N) is 1. The molecule has 0 unspecified atom stereocenters. The summed E-state index contributed by atoms with van der Waals surface area (Å²) in [6.07, 6.45) is 1.70. The molecule has 2 aromatic carbocycles. The van der Waals surface area contributed by atoms with E-state index < -0.39 is 5.92 Å². The summed E-state index contributed by atoms with van der Waals surface area (Å²) < 4.78 is 34.1. The van der Waals surface area contributed by atoms with Gasteiger partial charge in [-0.05, 0) is 36.4 Å². The second kappa shape index (κ2) is 10.3. The van der Waals surface area contributed by atoms with Crippen molar-refractivity contribution >= 4 is 34.3 Å². The van der Waals surface area contributed by atoms with Crippen LogP contribution in [0.4, 0.5) is 8.78 Å². The maximum atomic E-state index is 13.4. The Morgan fingerprint density at radius 3 is 2.62 bits per heavy atom. The molecule has 1 N–H and O–H groups in total. The predicted molar refractivity (Wildman–Crippen MR) is 135 cm³/mol. The van der Waals surface area contributed by atoms with Gasteiger partial charge in [-0.25, -0.2) is 8.78 Å². The average molecular weight is 532 g/mol. The smallest absolute Gasteiger partial charge is 0.261 e. The minimum atomic E-state index is -2.65. The summed E-state index contributed by atoms with van der Waals surface area (Å²) in [6, 6.07) is 10.3. The first kappa shape index (κ1) is 25.4. The first-order valence-electron chi connectivity index (χ1n) is 12.2. The number of nitrogens with zero attached hydrogens (tertiary/aromatic N) is 4. The second-order valence-electron chi connectivity index (χ2n) is 9.65. The van der Waals surface area contributed by atoms with Gasteiger partial charge in [0.05, 0.1) is 30.1 Å². The van der Waals surface area contributed by atoms with Crippen molar-refractivity contribution in [3.8, 4) is 5.75 Å². The molecule has 0 spiro atoms. The number of alkyl halides is 2. The number of fused-ring (bicyclic) bond motifs is 1. The van der Waals surface area contributed by atoms with E-state index in [0.29, 0.717) is 65.5 Å². The summed E-state index contributed by atoms with van der Waals surface area (Å²) in [4.78, 5) is 28.9. The van der Waals surface area contributed by atoms with Gasteiger partial charge in [0.15, 0.2) is 0 Å². The Morgan fingerprint density at radius 2 is 1.95 bits per heavy atom. The zero-order valence-electron chi connectivity index (χ0n) is 20.4. The third kappa shape index (κ3) is 5.55. The highest BCUT2D eigenvalue weighted by atomic mass is 35.5. The van der Waals surface area contributed by atoms with E-state index in [0.717, 1.165) is 0 Å². The van der Waals surface area contributed by atoms with E-state index in [1.807, 2.05) is 10.9 Å².